The number of carbonyl (C=O) groups excluding carboxylic acids is 1. The van der Waals surface area contributed by atoms with Crippen molar-refractivity contribution in [3.05, 3.63) is 29.6 Å². The first kappa shape index (κ1) is 11.8. The Hall–Kier alpha value is -1.27. The number of carbonyl (C=O) groups is 1. The molecule has 0 aromatic heterocycles. The molecule has 0 bridgehead atoms. The van der Waals surface area contributed by atoms with E-state index >= 15 is 0 Å². The SMILES string of the molecule is CCOC(=O)c1cc(F)ccc1S(=O)O. The summed E-state index contributed by atoms with van der Waals surface area (Å²) >= 11 is -2.34. The average Bonchev–Trinajstić information content (AvgIpc) is 2.17. The largest absolute Gasteiger partial charge is 0.462 e. The third-order valence-electron chi connectivity index (χ3n) is 1.63. The van der Waals surface area contributed by atoms with Gasteiger partial charge in [-0.05, 0) is 25.1 Å². The van der Waals surface area contributed by atoms with Crippen LogP contribution >= 0.6 is 0 Å². The van der Waals surface area contributed by atoms with Gasteiger partial charge in [-0.1, -0.05) is 0 Å². The zero-order chi connectivity index (χ0) is 11.4. The van der Waals surface area contributed by atoms with E-state index in [9.17, 15) is 13.4 Å². The smallest absolute Gasteiger partial charge is 0.339 e. The van der Waals surface area contributed by atoms with E-state index in [1.54, 1.807) is 6.92 Å². The first-order valence-electron chi connectivity index (χ1n) is 4.13. The van der Waals surface area contributed by atoms with Crippen LogP contribution in [0.25, 0.3) is 0 Å². The first-order valence-corrected chi connectivity index (χ1v) is 5.24. The minimum absolute atomic E-state index is 0.118. The molecule has 1 N–H and O–H groups in total. The van der Waals surface area contributed by atoms with Gasteiger partial charge >= 0.3 is 5.97 Å². The zero-order valence-corrected chi connectivity index (χ0v) is 8.71. The van der Waals surface area contributed by atoms with Gasteiger partial charge in [0.15, 0.2) is 11.1 Å². The molecule has 0 aliphatic heterocycles. The van der Waals surface area contributed by atoms with Crippen molar-refractivity contribution in [3.8, 4) is 0 Å². The molecule has 1 aromatic carbocycles. The van der Waals surface area contributed by atoms with Gasteiger partial charge in [0.05, 0.1) is 17.1 Å². The lowest BCUT2D eigenvalue weighted by Gasteiger charge is -2.05. The summed E-state index contributed by atoms with van der Waals surface area (Å²) in [6, 6.07) is 2.96. The molecule has 0 heterocycles. The summed E-state index contributed by atoms with van der Waals surface area (Å²) in [5, 5.41) is 0. The Morgan fingerprint density at radius 3 is 2.80 bits per heavy atom. The molecule has 0 fully saturated rings. The lowest BCUT2D eigenvalue weighted by molar-refractivity contribution is 0.0521. The third-order valence-corrected chi connectivity index (χ3v) is 2.36. The van der Waals surface area contributed by atoms with Crippen molar-refractivity contribution in [1.82, 2.24) is 0 Å². The van der Waals surface area contributed by atoms with Gasteiger partial charge in [-0.15, -0.1) is 0 Å². The predicted octanol–water partition coefficient (Wildman–Crippen LogP) is 1.58. The summed E-state index contributed by atoms with van der Waals surface area (Å²) < 4.78 is 37.1. The summed E-state index contributed by atoms with van der Waals surface area (Å²) in [5.41, 5.74) is -0.224. The van der Waals surface area contributed by atoms with E-state index in [2.05, 4.69) is 4.74 Å². The molecule has 15 heavy (non-hydrogen) atoms. The molecule has 82 valence electrons. The molecule has 0 saturated heterocycles. The minimum atomic E-state index is -2.34. The van der Waals surface area contributed by atoms with Crippen LogP contribution in [-0.4, -0.2) is 21.3 Å². The van der Waals surface area contributed by atoms with Crippen LogP contribution in [0.4, 0.5) is 4.39 Å². The van der Waals surface area contributed by atoms with E-state index in [-0.39, 0.29) is 17.1 Å². The van der Waals surface area contributed by atoms with E-state index in [1.165, 1.54) is 0 Å². The second-order valence-electron chi connectivity index (χ2n) is 2.61. The van der Waals surface area contributed by atoms with Crippen LogP contribution in [0.2, 0.25) is 0 Å². The van der Waals surface area contributed by atoms with Crippen molar-refractivity contribution in [2.24, 2.45) is 0 Å². The van der Waals surface area contributed by atoms with Crippen LogP contribution < -0.4 is 0 Å². The van der Waals surface area contributed by atoms with Crippen molar-refractivity contribution in [1.29, 1.82) is 0 Å². The van der Waals surface area contributed by atoms with Crippen LogP contribution in [0.5, 0.6) is 0 Å². The lowest BCUT2D eigenvalue weighted by Crippen LogP contribution is -2.09. The van der Waals surface area contributed by atoms with Crippen LogP contribution in [0.15, 0.2) is 23.1 Å². The maximum absolute atomic E-state index is 12.8. The molecule has 0 radical (unpaired) electrons. The van der Waals surface area contributed by atoms with Crippen LogP contribution in [0, 0.1) is 5.82 Å². The van der Waals surface area contributed by atoms with Gasteiger partial charge in [0.2, 0.25) is 0 Å². The standard InChI is InChI=1S/C9H9FO4S/c1-2-14-9(11)7-5-6(10)3-4-8(7)15(12)13/h3-5H,2H2,1H3,(H,12,13). The third kappa shape index (κ3) is 2.84. The number of benzene rings is 1. The fourth-order valence-corrected chi connectivity index (χ4v) is 1.54. The normalized spacial score (nSPS) is 12.2. The van der Waals surface area contributed by atoms with Gasteiger partial charge < -0.3 is 9.29 Å². The highest BCUT2D eigenvalue weighted by atomic mass is 32.2. The van der Waals surface area contributed by atoms with Crippen molar-refractivity contribution in [2.75, 3.05) is 6.61 Å². The fraction of sp³-hybridized carbons (Fsp3) is 0.222. The Kier molecular flexibility index (Phi) is 3.93. The lowest BCUT2D eigenvalue weighted by atomic mass is 10.2. The number of ether oxygens (including phenoxy) is 1. The number of hydrogen-bond acceptors (Lipinski definition) is 3. The highest BCUT2D eigenvalue weighted by Crippen LogP contribution is 2.15. The molecule has 1 atom stereocenters. The van der Waals surface area contributed by atoms with Crippen molar-refractivity contribution < 1.29 is 22.7 Å². The molecule has 0 saturated carbocycles. The topological polar surface area (TPSA) is 63.6 Å². The minimum Gasteiger partial charge on any atom is -0.462 e. The van der Waals surface area contributed by atoms with Gasteiger partial charge in [0, 0.05) is 0 Å². The Morgan fingerprint density at radius 1 is 1.60 bits per heavy atom. The van der Waals surface area contributed by atoms with Gasteiger partial charge in [-0.2, -0.15) is 0 Å². The van der Waals surface area contributed by atoms with Crippen molar-refractivity contribution >= 4 is 17.0 Å². The van der Waals surface area contributed by atoms with Crippen molar-refractivity contribution in [3.63, 3.8) is 0 Å². The van der Waals surface area contributed by atoms with E-state index < -0.39 is 22.9 Å². The molecule has 6 heteroatoms. The summed E-state index contributed by atoms with van der Waals surface area (Å²) in [5.74, 6) is -1.47. The highest BCUT2D eigenvalue weighted by Gasteiger charge is 2.16. The maximum atomic E-state index is 12.8. The number of esters is 1. The molecule has 1 unspecified atom stereocenters. The summed E-state index contributed by atoms with van der Waals surface area (Å²) in [7, 11) is 0. The molecule has 4 nitrogen and oxygen atoms in total. The molecule has 1 aromatic rings. The Labute approximate surface area is 88.3 Å². The second kappa shape index (κ2) is 4.99. The Morgan fingerprint density at radius 2 is 2.27 bits per heavy atom. The highest BCUT2D eigenvalue weighted by molar-refractivity contribution is 7.79. The number of hydrogen-bond donors (Lipinski definition) is 1. The van der Waals surface area contributed by atoms with Crippen LogP contribution in [0.1, 0.15) is 17.3 Å². The maximum Gasteiger partial charge on any atom is 0.339 e. The summed E-state index contributed by atoms with van der Waals surface area (Å²) in [6.45, 7) is 1.71. The molecular weight excluding hydrogens is 223 g/mol. The number of halogens is 1. The Balaban J connectivity index is 3.18. The molecule has 0 aliphatic carbocycles. The van der Waals surface area contributed by atoms with Gasteiger partial charge in [-0.25, -0.2) is 13.4 Å². The number of rotatable bonds is 3. The van der Waals surface area contributed by atoms with E-state index in [1.807, 2.05) is 0 Å². The predicted molar refractivity (Wildman–Crippen MR) is 51.4 cm³/mol. The Bertz CT molecular complexity index is 405. The molecular formula is C9H9FO4S. The second-order valence-corrected chi connectivity index (χ2v) is 3.55. The van der Waals surface area contributed by atoms with E-state index in [0.29, 0.717) is 0 Å². The van der Waals surface area contributed by atoms with Crippen LogP contribution in [0.3, 0.4) is 0 Å². The zero-order valence-electron chi connectivity index (χ0n) is 7.90. The first-order chi connectivity index (χ1) is 7.06. The molecule has 0 spiro atoms. The van der Waals surface area contributed by atoms with Crippen LogP contribution in [-0.2, 0) is 15.8 Å². The fourth-order valence-electron chi connectivity index (χ4n) is 1.02. The van der Waals surface area contributed by atoms with Crippen molar-refractivity contribution in [2.45, 2.75) is 11.8 Å². The average molecular weight is 232 g/mol. The van der Waals surface area contributed by atoms with E-state index in [0.717, 1.165) is 18.2 Å². The van der Waals surface area contributed by atoms with Gasteiger partial charge in [-0.3, -0.25) is 0 Å². The molecule has 1 rings (SSSR count). The molecule has 0 aliphatic rings. The summed E-state index contributed by atoms with van der Waals surface area (Å²) in [6.07, 6.45) is 0. The summed E-state index contributed by atoms with van der Waals surface area (Å²) in [4.78, 5) is 11.1. The monoisotopic (exact) mass is 232 g/mol. The quantitative estimate of drug-likeness (QED) is 0.634. The molecule has 0 amide bonds. The van der Waals surface area contributed by atoms with Gasteiger partial charge in [0.25, 0.3) is 0 Å². The van der Waals surface area contributed by atoms with E-state index in [4.69, 9.17) is 4.55 Å². The van der Waals surface area contributed by atoms with Gasteiger partial charge in [0.1, 0.15) is 5.82 Å².